The molecule has 8 heteroatoms. The summed E-state index contributed by atoms with van der Waals surface area (Å²) < 4.78 is 17.2. The number of aromatic nitrogens is 2. The van der Waals surface area contributed by atoms with Crippen LogP contribution in [-0.2, 0) is 0 Å². The van der Waals surface area contributed by atoms with Crippen LogP contribution in [0.1, 0.15) is 45.1 Å². The Kier molecular flexibility index (Phi) is 7.14. The number of benzene rings is 1. The van der Waals surface area contributed by atoms with Crippen molar-refractivity contribution < 1.29 is 9.18 Å². The zero-order chi connectivity index (χ0) is 25.2. The third-order valence-electron chi connectivity index (χ3n) is 7.68. The van der Waals surface area contributed by atoms with Gasteiger partial charge in [-0.15, -0.1) is 0 Å². The highest BCUT2D eigenvalue weighted by molar-refractivity contribution is 5.80. The predicted molar refractivity (Wildman–Crippen MR) is 142 cm³/mol. The maximum absolute atomic E-state index is 15.3. The molecule has 36 heavy (non-hydrogen) atoms. The number of nitrogens with zero attached hydrogens (tertiary/aromatic N) is 5. The Hall–Kier alpha value is -3.13. The third kappa shape index (κ3) is 4.91. The molecular weight excluding hydrogens is 455 g/mol. The molecule has 2 aliphatic rings. The zero-order valence-corrected chi connectivity index (χ0v) is 21.6. The second-order valence-corrected chi connectivity index (χ2v) is 10.2. The SMILES string of the molecule is CCNC(=O)N1CCN(c2ccnn3cc(-c4ccc([C@H]5CCCN(C(C)C)C5)c(F)c4)cc23)CC1. The lowest BCUT2D eigenvalue weighted by Crippen LogP contribution is -2.51. The Labute approximate surface area is 212 Å². The molecule has 0 unspecified atom stereocenters. The van der Waals surface area contributed by atoms with E-state index < -0.39 is 0 Å². The van der Waals surface area contributed by atoms with Crippen molar-refractivity contribution in [3.05, 3.63) is 54.1 Å². The molecule has 7 nitrogen and oxygen atoms in total. The van der Waals surface area contributed by atoms with Gasteiger partial charge in [0.15, 0.2) is 0 Å². The Morgan fingerprint density at radius 2 is 1.92 bits per heavy atom. The van der Waals surface area contributed by atoms with Crippen molar-refractivity contribution in [2.24, 2.45) is 0 Å². The van der Waals surface area contributed by atoms with E-state index in [2.05, 4.69) is 40.1 Å². The summed E-state index contributed by atoms with van der Waals surface area (Å²) >= 11 is 0. The van der Waals surface area contributed by atoms with Crippen LogP contribution in [0.5, 0.6) is 0 Å². The quantitative estimate of drug-likeness (QED) is 0.567. The number of urea groups is 1. The van der Waals surface area contributed by atoms with Gasteiger partial charge in [-0.25, -0.2) is 13.7 Å². The van der Waals surface area contributed by atoms with Gasteiger partial charge in [-0.05, 0) is 75.4 Å². The van der Waals surface area contributed by atoms with Crippen molar-refractivity contribution >= 4 is 17.2 Å². The fourth-order valence-corrected chi connectivity index (χ4v) is 5.61. The van der Waals surface area contributed by atoms with Crippen LogP contribution in [0.3, 0.4) is 0 Å². The summed E-state index contributed by atoms with van der Waals surface area (Å²) in [6, 6.07) is 10.3. The van der Waals surface area contributed by atoms with Gasteiger partial charge in [0.05, 0.1) is 11.2 Å². The molecule has 1 aromatic carbocycles. The first-order valence-corrected chi connectivity index (χ1v) is 13.2. The molecule has 1 atom stereocenters. The lowest BCUT2D eigenvalue weighted by molar-refractivity contribution is 0.166. The van der Waals surface area contributed by atoms with E-state index in [1.807, 2.05) is 40.7 Å². The van der Waals surface area contributed by atoms with E-state index in [1.165, 1.54) is 0 Å². The van der Waals surface area contributed by atoms with Crippen LogP contribution in [0.25, 0.3) is 16.6 Å². The van der Waals surface area contributed by atoms with Gasteiger partial charge in [0, 0.05) is 63.3 Å². The number of likely N-dealkylation sites (tertiary alicyclic amines) is 1. The van der Waals surface area contributed by atoms with Crippen LogP contribution in [0.2, 0.25) is 0 Å². The molecule has 2 aliphatic heterocycles. The fraction of sp³-hybridized carbons (Fsp3) is 0.500. The van der Waals surface area contributed by atoms with E-state index in [9.17, 15) is 4.79 Å². The Balaban J connectivity index is 1.35. The summed E-state index contributed by atoms with van der Waals surface area (Å²) in [7, 11) is 0. The van der Waals surface area contributed by atoms with E-state index >= 15 is 4.39 Å². The number of hydrogen-bond donors (Lipinski definition) is 1. The van der Waals surface area contributed by atoms with Gasteiger partial charge in [-0.3, -0.25) is 0 Å². The van der Waals surface area contributed by atoms with Gasteiger partial charge in [0.2, 0.25) is 0 Å². The molecule has 192 valence electrons. The Morgan fingerprint density at radius 3 is 2.64 bits per heavy atom. The van der Waals surface area contributed by atoms with Gasteiger partial charge in [0.1, 0.15) is 5.82 Å². The average molecular weight is 493 g/mol. The number of rotatable bonds is 5. The predicted octanol–water partition coefficient (Wildman–Crippen LogP) is 4.58. The van der Waals surface area contributed by atoms with Crippen LogP contribution in [0.4, 0.5) is 14.9 Å². The van der Waals surface area contributed by atoms with Crippen molar-refractivity contribution in [3.8, 4) is 11.1 Å². The number of nitrogens with one attached hydrogen (secondary N) is 1. The van der Waals surface area contributed by atoms with Crippen LogP contribution in [-0.4, -0.2) is 77.3 Å². The molecule has 3 aromatic rings. The second kappa shape index (κ2) is 10.5. The standard InChI is InChI=1S/C28H37FN6O/c1-4-30-28(36)33-14-12-32(13-15-33)26-9-10-31-35-19-23(17-27(26)35)21-7-8-24(25(29)16-21)22-6-5-11-34(18-22)20(2)3/h7-10,16-17,19-20,22H,4-6,11-15,18H2,1-3H3,(H,30,36)/t22-/m0/s1. The van der Waals surface area contributed by atoms with E-state index in [1.54, 1.807) is 12.3 Å². The number of piperazine rings is 1. The average Bonchev–Trinajstić information content (AvgIpc) is 3.33. The van der Waals surface area contributed by atoms with Gasteiger partial charge in [0.25, 0.3) is 0 Å². The van der Waals surface area contributed by atoms with E-state index in [4.69, 9.17) is 0 Å². The summed E-state index contributed by atoms with van der Waals surface area (Å²) in [5, 5.41) is 7.38. The first-order chi connectivity index (χ1) is 17.4. The molecule has 0 aliphatic carbocycles. The molecule has 1 N–H and O–H groups in total. The minimum atomic E-state index is -0.118. The number of piperidine rings is 1. The number of carbonyl (C=O) groups excluding carboxylic acids is 1. The van der Waals surface area contributed by atoms with E-state index in [0.29, 0.717) is 25.7 Å². The maximum atomic E-state index is 15.3. The molecule has 2 fully saturated rings. The van der Waals surface area contributed by atoms with Crippen molar-refractivity contribution in [1.82, 2.24) is 24.7 Å². The highest BCUT2D eigenvalue weighted by Gasteiger charge is 2.26. The van der Waals surface area contributed by atoms with Crippen LogP contribution in [0.15, 0.2) is 42.7 Å². The summed E-state index contributed by atoms with van der Waals surface area (Å²) in [4.78, 5) is 18.8. The molecule has 2 aromatic heterocycles. The van der Waals surface area contributed by atoms with E-state index in [-0.39, 0.29) is 17.8 Å². The highest BCUT2D eigenvalue weighted by atomic mass is 19.1. The third-order valence-corrected chi connectivity index (χ3v) is 7.68. The largest absolute Gasteiger partial charge is 0.366 e. The number of anilines is 1. The van der Waals surface area contributed by atoms with Gasteiger partial charge >= 0.3 is 6.03 Å². The Bertz CT molecular complexity index is 1220. The minimum Gasteiger partial charge on any atom is -0.366 e. The number of amides is 2. The van der Waals surface area contributed by atoms with Gasteiger partial charge in [-0.2, -0.15) is 5.10 Å². The topological polar surface area (TPSA) is 56.1 Å². The maximum Gasteiger partial charge on any atom is 0.317 e. The fourth-order valence-electron chi connectivity index (χ4n) is 5.61. The van der Waals surface area contributed by atoms with E-state index in [0.717, 1.165) is 66.9 Å². The van der Waals surface area contributed by atoms with Crippen molar-refractivity contribution in [2.45, 2.75) is 45.6 Å². The van der Waals surface area contributed by atoms with Gasteiger partial charge < -0.3 is 20.0 Å². The van der Waals surface area contributed by atoms with Crippen LogP contribution >= 0.6 is 0 Å². The molecule has 5 rings (SSSR count). The molecule has 0 radical (unpaired) electrons. The summed E-state index contributed by atoms with van der Waals surface area (Å²) in [5.41, 5.74) is 4.72. The van der Waals surface area contributed by atoms with Crippen molar-refractivity contribution in [2.75, 3.05) is 50.7 Å². The number of halogens is 1. The van der Waals surface area contributed by atoms with Crippen LogP contribution in [0, 0.1) is 5.82 Å². The number of fused-ring (bicyclic) bond motifs is 1. The first-order valence-electron chi connectivity index (χ1n) is 13.2. The van der Waals surface area contributed by atoms with Crippen molar-refractivity contribution in [1.29, 1.82) is 0 Å². The zero-order valence-electron chi connectivity index (χ0n) is 21.6. The molecule has 0 spiro atoms. The molecule has 0 bridgehead atoms. The lowest BCUT2D eigenvalue weighted by atomic mass is 9.88. The van der Waals surface area contributed by atoms with Crippen molar-refractivity contribution in [3.63, 3.8) is 0 Å². The first kappa shape index (κ1) is 24.6. The molecule has 4 heterocycles. The molecular formula is C28H37FN6O. The second-order valence-electron chi connectivity index (χ2n) is 10.2. The Morgan fingerprint density at radius 1 is 1.11 bits per heavy atom. The molecule has 2 saturated heterocycles. The molecule has 2 amide bonds. The summed E-state index contributed by atoms with van der Waals surface area (Å²) in [6.07, 6.45) is 5.92. The molecule has 0 saturated carbocycles. The van der Waals surface area contributed by atoms with Crippen LogP contribution < -0.4 is 10.2 Å². The summed E-state index contributed by atoms with van der Waals surface area (Å²) in [5.74, 6) is 0.127. The van der Waals surface area contributed by atoms with Gasteiger partial charge in [-0.1, -0.05) is 12.1 Å². The number of carbonyl (C=O) groups is 1. The minimum absolute atomic E-state index is 0.00221. The number of hydrogen-bond acceptors (Lipinski definition) is 4. The highest BCUT2D eigenvalue weighted by Crippen LogP contribution is 2.33. The smallest absolute Gasteiger partial charge is 0.317 e. The summed E-state index contributed by atoms with van der Waals surface area (Å²) in [6.45, 7) is 11.9. The monoisotopic (exact) mass is 492 g/mol. The lowest BCUT2D eigenvalue weighted by Gasteiger charge is -2.36. The normalized spacial score (nSPS) is 19.3.